The Hall–Kier alpha value is -1.14. The number of rotatable bonds is 6. The number of para-hydroxylation sites is 1. The van der Waals surface area contributed by atoms with Crippen molar-refractivity contribution in [3.05, 3.63) is 29.3 Å². The molecular weight excluding hydrogens is 228 g/mol. The molecule has 0 heterocycles. The van der Waals surface area contributed by atoms with Gasteiger partial charge in [0.2, 0.25) is 0 Å². The van der Waals surface area contributed by atoms with E-state index in [1.807, 2.05) is 36.9 Å². The fourth-order valence-corrected chi connectivity index (χ4v) is 2.48. The predicted molar refractivity (Wildman–Crippen MR) is 76.6 cm³/mol. The van der Waals surface area contributed by atoms with Gasteiger partial charge >= 0.3 is 0 Å². The van der Waals surface area contributed by atoms with Gasteiger partial charge in [-0.05, 0) is 43.4 Å². The van der Waals surface area contributed by atoms with Crippen molar-refractivity contribution in [3.63, 3.8) is 0 Å². The van der Waals surface area contributed by atoms with Crippen molar-refractivity contribution in [3.8, 4) is 6.07 Å². The highest BCUT2D eigenvalue weighted by Crippen LogP contribution is 2.21. The highest BCUT2D eigenvalue weighted by atomic mass is 32.2. The Morgan fingerprint density at radius 3 is 2.88 bits per heavy atom. The molecule has 17 heavy (non-hydrogen) atoms. The van der Waals surface area contributed by atoms with Crippen molar-refractivity contribution in [2.75, 3.05) is 16.8 Å². The molecule has 0 saturated carbocycles. The molecule has 0 saturated heterocycles. The van der Waals surface area contributed by atoms with E-state index in [2.05, 4.69) is 25.2 Å². The van der Waals surface area contributed by atoms with Crippen molar-refractivity contribution in [1.82, 2.24) is 0 Å². The topological polar surface area (TPSA) is 35.8 Å². The average molecular weight is 248 g/mol. The third-order valence-corrected chi connectivity index (χ3v) is 3.62. The first-order chi connectivity index (χ1) is 8.19. The number of hydrogen-bond acceptors (Lipinski definition) is 3. The third-order valence-electron chi connectivity index (χ3n) is 2.68. The maximum atomic E-state index is 9.08. The van der Waals surface area contributed by atoms with Crippen molar-refractivity contribution in [1.29, 1.82) is 5.26 Å². The van der Waals surface area contributed by atoms with Gasteiger partial charge in [0.05, 0.1) is 11.3 Å². The summed E-state index contributed by atoms with van der Waals surface area (Å²) >= 11 is 1.96. The lowest BCUT2D eigenvalue weighted by Crippen LogP contribution is -2.17. The summed E-state index contributed by atoms with van der Waals surface area (Å²) in [5.74, 6) is 2.33. The van der Waals surface area contributed by atoms with Gasteiger partial charge in [-0.1, -0.05) is 19.1 Å². The molecule has 0 radical (unpaired) electrons. The fourth-order valence-electron chi connectivity index (χ4n) is 1.68. The lowest BCUT2D eigenvalue weighted by atomic mass is 10.1. The van der Waals surface area contributed by atoms with Gasteiger partial charge in [-0.2, -0.15) is 17.0 Å². The molecule has 0 amide bonds. The number of nitriles is 1. The molecular formula is C14H20N2S. The van der Waals surface area contributed by atoms with E-state index in [-0.39, 0.29) is 0 Å². The molecule has 0 aliphatic heterocycles. The zero-order chi connectivity index (χ0) is 12.7. The lowest BCUT2D eigenvalue weighted by molar-refractivity contribution is 0.770. The zero-order valence-electron chi connectivity index (χ0n) is 10.8. The summed E-state index contributed by atoms with van der Waals surface area (Å²) in [7, 11) is 0. The van der Waals surface area contributed by atoms with Gasteiger partial charge in [0.15, 0.2) is 0 Å². The van der Waals surface area contributed by atoms with Gasteiger partial charge < -0.3 is 5.32 Å². The summed E-state index contributed by atoms with van der Waals surface area (Å²) in [4.78, 5) is 0. The molecule has 0 aliphatic carbocycles. The molecule has 0 bridgehead atoms. The number of nitrogens with zero attached hydrogens (tertiary/aromatic N) is 1. The van der Waals surface area contributed by atoms with E-state index in [1.54, 1.807) is 0 Å². The minimum absolute atomic E-state index is 0.405. The highest BCUT2D eigenvalue weighted by molar-refractivity contribution is 7.99. The van der Waals surface area contributed by atoms with E-state index >= 15 is 0 Å². The Kier molecular flexibility index (Phi) is 5.93. The molecule has 1 aromatic carbocycles. The van der Waals surface area contributed by atoms with Crippen LogP contribution >= 0.6 is 11.8 Å². The molecule has 0 fully saturated rings. The maximum absolute atomic E-state index is 9.08. The van der Waals surface area contributed by atoms with Crippen LogP contribution in [0, 0.1) is 18.3 Å². The molecule has 1 unspecified atom stereocenters. The largest absolute Gasteiger partial charge is 0.381 e. The van der Waals surface area contributed by atoms with Gasteiger partial charge in [0, 0.05) is 6.04 Å². The molecule has 92 valence electrons. The summed E-state index contributed by atoms with van der Waals surface area (Å²) in [5.41, 5.74) is 2.86. The maximum Gasteiger partial charge on any atom is 0.101 e. The Labute approximate surface area is 108 Å². The fraction of sp³-hybridized carbons (Fsp3) is 0.500. The minimum Gasteiger partial charge on any atom is -0.381 e. The predicted octanol–water partition coefficient (Wildman–Crippen LogP) is 3.81. The number of anilines is 1. The van der Waals surface area contributed by atoms with Crippen LogP contribution < -0.4 is 5.32 Å². The van der Waals surface area contributed by atoms with Crippen molar-refractivity contribution in [2.45, 2.75) is 33.2 Å². The monoisotopic (exact) mass is 248 g/mol. The third kappa shape index (κ3) is 4.32. The van der Waals surface area contributed by atoms with Gasteiger partial charge in [0.1, 0.15) is 6.07 Å². The Morgan fingerprint density at radius 2 is 2.24 bits per heavy atom. The Balaban J connectivity index is 2.64. The second-order valence-corrected chi connectivity index (χ2v) is 5.53. The Bertz CT molecular complexity index is 396. The number of nitrogens with one attached hydrogen (secondary N) is 1. The SMILES string of the molecule is CCSCCC(C)Nc1c(C)cccc1C#N. The van der Waals surface area contributed by atoms with Crippen LogP contribution in [0.25, 0.3) is 0 Å². The average Bonchev–Trinajstić information content (AvgIpc) is 2.32. The first-order valence-corrected chi connectivity index (χ1v) is 7.18. The summed E-state index contributed by atoms with van der Waals surface area (Å²) in [5, 5.41) is 12.5. The molecule has 1 rings (SSSR count). The van der Waals surface area contributed by atoms with E-state index in [4.69, 9.17) is 5.26 Å². The van der Waals surface area contributed by atoms with E-state index in [0.717, 1.165) is 23.2 Å². The van der Waals surface area contributed by atoms with Crippen LogP contribution in [0.15, 0.2) is 18.2 Å². The van der Waals surface area contributed by atoms with Crippen molar-refractivity contribution in [2.24, 2.45) is 0 Å². The lowest BCUT2D eigenvalue weighted by Gasteiger charge is -2.17. The standard InChI is InChI=1S/C14H20N2S/c1-4-17-9-8-12(3)16-14-11(2)6-5-7-13(14)10-15/h5-7,12,16H,4,8-9H2,1-3H3. The van der Waals surface area contributed by atoms with Crippen molar-refractivity contribution >= 4 is 17.4 Å². The van der Waals surface area contributed by atoms with Crippen LogP contribution in [0.1, 0.15) is 31.4 Å². The van der Waals surface area contributed by atoms with Crippen LogP contribution in [0.4, 0.5) is 5.69 Å². The molecule has 0 aliphatic rings. The van der Waals surface area contributed by atoms with E-state index in [0.29, 0.717) is 6.04 Å². The van der Waals surface area contributed by atoms with Crippen LogP contribution in [-0.2, 0) is 0 Å². The highest BCUT2D eigenvalue weighted by Gasteiger charge is 2.08. The number of hydrogen-bond donors (Lipinski definition) is 1. The first-order valence-electron chi connectivity index (χ1n) is 6.03. The van der Waals surface area contributed by atoms with Crippen LogP contribution in [0.2, 0.25) is 0 Å². The smallest absolute Gasteiger partial charge is 0.101 e. The van der Waals surface area contributed by atoms with Gasteiger partial charge in [-0.3, -0.25) is 0 Å². The van der Waals surface area contributed by atoms with Crippen LogP contribution in [-0.4, -0.2) is 17.5 Å². The van der Waals surface area contributed by atoms with Crippen LogP contribution in [0.5, 0.6) is 0 Å². The molecule has 2 nitrogen and oxygen atoms in total. The number of benzene rings is 1. The zero-order valence-corrected chi connectivity index (χ0v) is 11.6. The van der Waals surface area contributed by atoms with E-state index in [9.17, 15) is 0 Å². The molecule has 0 spiro atoms. The number of thioether (sulfide) groups is 1. The first kappa shape index (κ1) is 13.9. The second kappa shape index (κ2) is 7.24. The summed E-state index contributed by atoms with van der Waals surface area (Å²) in [6.45, 7) is 6.39. The van der Waals surface area contributed by atoms with Gasteiger partial charge in [0.25, 0.3) is 0 Å². The molecule has 0 aromatic heterocycles. The normalized spacial score (nSPS) is 11.9. The minimum atomic E-state index is 0.405. The quantitative estimate of drug-likeness (QED) is 0.778. The molecule has 1 atom stereocenters. The molecule has 1 aromatic rings. The second-order valence-electron chi connectivity index (χ2n) is 4.14. The van der Waals surface area contributed by atoms with E-state index < -0.39 is 0 Å². The Morgan fingerprint density at radius 1 is 1.47 bits per heavy atom. The number of aryl methyl sites for hydroxylation is 1. The van der Waals surface area contributed by atoms with Crippen LogP contribution in [0.3, 0.4) is 0 Å². The molecule has 1 N–H and O–H groups in total. The molecule has 3 heteroatoms. The summed E-state index contributed by atoms with van der Waals surface area (Å²) in [6.07, 6.45) is 1.12. The van der Waals surface area contributed by atoms with Crippen molar-refractivity contribution < 1.29 is 0 Å². The van der Waals surface area contributed by atoms with Gasteiger partial charge in [-0.15, -0.1) is 0 Å². The summed E-state index contributed by atoms with van der Waals surface area (Å²) in [6, 6.07) is 8.48. The van der Waals surface area contributed by atoms with E-state index in [1.165, 1.54) is 11.5 Å². The summed E-state index contributed by atoms with van der Waals surface area (Å²) < 4.78 is 0. The van der Waals surface area contributed by atoms with Gasteiger partial charge in [-0.25, -0.2) is 0 Å².